The highest BCUT2D eigenvalue weighted by Gasteiger charge is 2.30. The van der Waals surface area contributed by atoms with Crippen LogP contribution in [-0.4, -0.2) is 18.7 Å². The molecule has 0 spiro atoms. The maximum atomic E-state index is 13.4. The Morgan fingerprint density at radius 2 is 1.71 bits per heavy atom. The smallest absolute Gasteiger partial charge is 0.320 e. The Bertz CT molecular complexity index is 1280. The van der Waals surface area contributed by atoms with Crippen LogP contribution in [0.15, 0.2) is 70.5 Å². The third kappa shape index (κ3) is 2.67. The van der Waals surface area contributed by atoms with E-state index >= 15 is 0 Å². The van der Waals surface area contributed by atoms with E-state index in [0.29, 0.717) is 17.7 Å². The van der Waals surface area contributed by atoms with E-state index in [1.54, 1.807) is 10.9 Å². The van der Waals surface area contributed by atoms with E-state index in [2.05, 4.69) is 4.98 Å². The molecule has 0 bridgehead atoms. The molecule has 2 aromatic carbocycles. The van der Waals surface area contributed by atoms with Crippen LogP contribution in [0.25, 0.3) is 16.9 Å². The van der Waals surface area contributed by atoms with Crippen LogP contribution in [0.4, 0.5) is 4.39 Å². The minimum atomic E-state index is -0.434. The Morgan fingerprint density at radius 1 is 1.00 bits per heavy atom. The molecule has 1 fully saturated rings. The van der Waals surface area contributed by atoms with Crippen LogP contribution in [0, 0.1) is 5.82 Å². The van der Waals surface area contributed by atoms with Gasteiger partial charge in [0.05, 0.1) is 12.0 Å². The van der Waals surface area contributed by atoms with Crippen LogP contribution < -0.4 is 11.2 Å². The van der Waals surface area contributed by atoms with Crippen molar-refractivity contribution in [3.63, 3.8) is 0 Å². The molecular weight excluding hydrogens is 359 g/mol. The van der Waals surface area contributed by atoms with Crippen molar-refractivity contribution >= 4 is 11.2 Å². The van der Waals surface area contributed by atoms with Gasteiger partial charge >= 0.3 is 5.69 Å². The van der Waals surface area contributed by atoms with Gasteiger partial charge in [-0.15, -0.1) is 0 Å². The molecule has 1 aliphatic rings. The molecule has 0 saturated heterocycles. The number of hydrogen-bond acceptors (Lipinski definition) is 3. The highest BCUT2D eigenvalue weighted by atomic mass is 19.1. The fraction of sp³-hybridized carbons (Fsp3) is 0.190. The van der Waals surface area contributed by atoms with Crippen molar-refractivity contribution in [3.8, 4) is 5.69 Å². The number of imidazole rings is 1. The van der Waals surface area contributed by atoms with Crippen molar-refractivity contribution in [2.24, 2.45) is 0 Å². The summed E-state index contributed by atoms with van der Waals surface area (Å²) in [7, 11) is 0. The summed E-state index contributed by atoms with van der Waals surface area (Å²) in [5.74, 6) is -0.391. The molecular formula is C21H17FN4O2. The molecule has 2 aromatic heterocycles. The van der Waals surface area contributed by atoms with E-state index in [1.807, 2.05) is 30.3 Å². The van der Waals surface area contributed by atoms with Crippen molar-refractivity contribution < 1.29 is 4.39 Å². The standard InChI is InChI=1S/C21H17FN4O2/c22-15-6-8-16(9-7-15)25-19-18(20(27)26(21(25)28)17-10-11-17)24(13-23-19)12-14-4-2-1-3-5-14/h1-9,13,17H,10-12H2. The van der Waals surface area contributed by atoms with Gasteiger partial charge in [-0.25, -0.2) is 18.7 Å². The third-order valence-corrected chi connectivity index (χ3v) is 5.04. The SMILES string of the molecule is O=c1c2c(ncn2Cc2ccccc2)n(-c2ccc(F)cc2)c(=O)n1C1CC1. The lowest BCUT2D eigenvalue weighted by atomic mass is 10.2. The lowest BCUT2D eigenvalue weighted by Crippen LogP contribution is -2.39. The predicted molar refractivity (Wildman–Crippen MR) is 103 cm³/mol. The Kier molecular flexibility index (Phi) is 3.75. The van der Waals surface area contributed by atoms with Crippen LogP contribution in [0.5, 0.6) is 0 Å². The van der Waals surface area contributed by atoms with E-state index in [-0.39, 0.29) is 17.2 Å². The van der Waals surface area contributed by atoms with Gasteiger partial charge in [-0.3, -0.25) is 9.36 Å². The molecule has 0 amide bonds. The zero-order valence-corrected chi connectivity index (χ0v) is 15.0. The molecule has 1 saturated carbocycles. The van der Waals surface area contributed by atoms with Gasteiger partial charge in [0.2, 0.25) is 0 Å². The van der Waals surface area contributed by atoms with Crippen molar-refractivity contribution in [1.82, 2.24) is 18.7 Å². The fourth-order valence-corrected chi connectivity index (χ4v) is 3.53. The van der Waals surface area contributed by atoms with Crippen molar-refractivity contribution in [2.45, 2.75) is 25.4 Å². The lowest BCUT2D eigenvalue weighted by Gasteiger charge is -2.12. The summed E-state index contributed by atoms with van der Waals surface area (Å²) < 4.78 is 17.9. The van der Waals surface area contributed by atoms with Crippen molar-refractivity contribution in [1.29, 1.82) is 0 Å². The zero-order valence-electron chi connectivity index (χ0n) is 15.0. The maximum Gasteiger partial charge on any atom is 0.337 e. The minimum Gasteiger partial charge on any atom is -0.320 e. The Labute approximate surface area is 159 Å². The molecule has 140 valence electrons. The van der Waals surface area contributed by atoms with Crippen molar-refractivity contribution in [3.05, 3.63) is 93.1 Å². The zero-order chi connectivity index (χ0) is 19.3. The Balaban J connectivity index is 1.79. The van der Waals surface area contributed by atoms with E-state index in [1.165, 1.54) is 33.4 Å². The highest BCUT2D eigenvalue weighted by Crippen LogP contribution is 2.32. The molecule has 0 radical (unpaired) electrons. The second-order valence-corrected chi connectivity index (χ2v) is 7.03. The first-order chi connectivity index (χ1) is 13.6. The average molecular weight is 376 g/mol. The number of nitrogens with zero attached hydrogens (tertiary/aromatic N) is 4. The molecule has 6 nitrogen and oxygen atoms in total. The summed E-state index contributed by atoms with van der Waals surface area (Å²) in [4.78, 5) is 30.7. The van der Waals surface area contributed by atoms with Gasteiger partial charge in [0.1, 0.15) is 5.82 Å². The fourth-order valence-electron chi connectivity index (χ4n) is 3.53. The van der Waals surface area contributed by atoms with Crippen LogP contribution >= 0.6 is 0 Å². The largest absolute Gasteiger partial charge is 0.337 e. The van der Waals surface area contributed by atoms with E-state index in [9.17, 15) is 14.0 Å². The molecule has 0 atom stereocenters. The maximum absolute atomic E-state index is 13.4. The van der Waals surface area contributed by atoms with Crippen LogP contribution in [-0.2, 0) is 6.54 Å². The number of benzene rings is 2. The summed E-state index contributed by atoms with van der Waals surface area (Å²) in [5, 5.41) is 0. The average Bonchev–Trinajstić information content (AvgIpc) is 3.44. The number of hydrogen-bond donors (Lipinski definition) is 0. The molecule has 28 heavy (non-hydrogen) atoms. The van der Waals surface area contributed by atoms with E-state index < -0.39 is 11.5 Å². The number of fused-ring (bicyclic) bond motifs is 1. The van der Waals surface area contributed by atoms with Crippen LogP contribution in [0.3, 0.4) is 0 Å². The summed E-state index contributed by atoms with van der Waals surface area (Å²) >= 11 is 0. The number of halogens is 1. The molecule has 4 aromatic rings. The summed E-state index contributed by atoms with van der Waals surface area (Å²) in [6.07, 6.45) is 3.18. The third-order valence-electron chi connectivity index (χ3n) is 5.04. The van der Waals surface area contributed by atoms with Crippen LogP contribution in [0.1, 0.15) is 24.4 Å². The first-order valence-electron chi connectivity index (χ1n) is 9.16. The molecule has 0 aliphatic heterocycles. The number of rotatable bonds is 4. The highest BCUT2D eigenvalue weighted by molar-refractivity contribution is 5.72. The number of aromatic nitrogens is 4. The molecule has 0 unspecified atom stereocenters. The van der Waals surface area contributed by atoms with Gasteiger partial charge in [0.25, 0.3) is 5.56 Å². The topological polar surface area (TPSA) is 61.8 Å². The minimum absolute atomic E-state index is 0.0869. The van der Waals surface area contributed by atoms with Crippen molar-refractivity contribution in [2.75, 3.05) is 0 Å². The first-order valence-corrected chi connectivity index (χ1v) is 9.16. The normalized spacial score (nSPS) is 13.9. The summed E-state index contributed by atoms with van der Waals surface area (Å²) in [5.41, 5.74) is 1.41. The molecule has 1 aliphatic carbocycles. The monoisotopic (exact) mass is 376 g/mol. The second-order valence-electron chi connectivity index (χ2n) is 7.03. The lowest BCUT2D eigenvalue weighted by molar-refractivity contribution is 0.624. The predicted octanol–water partition coefficient (Wildman–Crippen LogP) is 2.87. The quantitative estimate of drug-likeness (QED) is 0.550. The Hall–Kier alpha value is -3.48. The Morgan fingerprint density at radius 3 is 2.39 bits per heavy atom. The molecule has 0 N–H and O–H groups in total. The van der Waals surface area contributed by atoms with Gasteiger partial charge < -0.3 is 4.57 Å². The molecule has 7 heteroatoms. The first kappa shape index (κ1) is 16.7. The van der Waals surface area contributed by atoms with Gasteiger partial charge in [0, 0.05) is 12.6 Å². The van der Waals surface area contributed by atoms with E-state index in [4.69, 9.17) is 0 Å². The van der Waals surface area contributed by atoms with Gasteiger partial charge in [-0.05, 0) is 42.7 Å². The van der Waals surface area contributed by atoms with Gasteiger partial charge in [-0.2, -0.15) is 0 Å². The molecule has 2 heterocycles. The van der Waals surface area contributed by atoms with Crippen LogP contribution in [0.2, 0.25) is 0 Å². The second kappa shape index (κ2) is 6.30. The summed E-state index contributed by atoms with van der Waals surface area (Å²) in [6.45, 7) is 0.471. The molecule has 5 rings (SSSR count). The van der Waals surface area contributed by atoms with E-state index in [0.717, 1.165) is 18.4 Å². The van der Waals surface area contributed by atoms with Gasteiger partial charge in [0.15, 0.2) is 11.2 Å². The summed E-state index contributed by atoms with van der Waals surface area (Å²) in [6, 6.07) is 15.3. The van der Waals surface area contributed by atoms with Gasteiger partial charge in [-0.1, -0.05) is 30.3 Å².